The Bertz CT molecular complexity index is 1890. The number of amides is 1. The third kappa shape index (κ3) is 5.81. The number of likely N-dealkylation sites (tertiary alicyclic amines) is 1. The topological polar surface area (TPSA) is 131 Å². The molecule has 2 aromatic carbocycles. The van der Waals surface area contributed by atoms with Crippen LogP contribution in [-0.4, -0.2) is 69.2 Å². The molecule has 1 saturated heterocycles. The van der Waals surface area contributed by atoms with Gasteiger partial charge in [0.2, 0.25) is 0 Å². The Balaban J connectivity index is 1.28. The number of methoxy groups -OCH3 is 1. The van der Waals surface area contributed by atoms with Crippen LogP contribution in [0.15, 0.2) is 67.2 Å². The van der Waals surface area contributed by atoms with Gasteiger partial charge in [-0.1, -0.05) is 0 Å². The van der Waals surface area contributed by atoms with Crippen LogP contribution in [0.25, 0.3) is 16.6 Å². The quantitative estimate of drug-likeness (QED) is 0.189. The first-order valence-corrected chi connectivity index (χ1v) is 14.1. The molecule has 1 unspecified atom stereocenters. The van der Waals surface area contributed by atoms with E-state index in [2.05, 4.69) is 36.0 Å². The van der Waals surface area contributed by atoms with Crippen LogP contribution in [-0.2, 0) is 4.79 Å². The first kappa shape index (κ1) is 28.8. The van der Waals surface area contributed by atoms with E-state index in [0.29, 0.717) is 56.7 Å². The second-order valence-corrected chi connectivity index (χ2v) is 10.5. The lowest BCUT2D eigenvalue weighted by atomic mass is 10.1. The summed E-state index contributed by atoms with van der Waals surface area (Å²) in [5.74, 6) is 0.563. The van der Waals surface area contributed by atoms with E-state index >= 15 is 0 Å². The second kappa shape index (κ2) is 12.1. The van der Waals surface area contributed by atoms with Gasteiger partial charge in [-0.25, -0.2) is 23.9 Å². The molecule has 1 atom stereocenters. The van der Waals surface area contributed by atoms with Crippen molar-refractivity contribution in [1.82, 2.24) is 29.5 Å². The van der Waals surface area contributed by atoms with Crippen molar-refractivity contribution >= 4 is 45.3 Å². The Morgan fingerprint density at radius 3 is 2.70 bits per heavy atom. The summed E-state index contributed by atoms with van der Waals surface area (Å²) in [6, 6.07) is 10.7. The number of hydrogen-bond donors (Lipinski definition) is 3. The van der Waals surface area contributed by atoms with E-state index in [-0.39, 0.29) is 6.04 Å². The minimum atomic E-state index is -0.822. The maximum absolute atomic E-state index is 14.9. The molecule has 3 N–H and O–H groups in total. The molecule has 0 radical (unpaired) electrons. The highest BCUT2D eigenvalue weighted by Crippen LogP contribution is 2.38. The van der Waals surface area contributed by atoms with Gasteiger partial charge in [0.15, 0.2) is 11.5 Å². The number of benzene rings is 2. The van der Waals surface area contributed by atoms with Gasteiger partial charge in [-0.15, -0.1) is 0 Å². The Morgan fingerprint density at radius 2 is 1.93 bits per heavy atom. The van der Waals surface area contributed by atoms with Crippen LogP contribution in [0.1, 0.15) is 18.4 Å². The number of rotatable bonds is 9. The summed E-state index contributed by atoms with van der Waals surface area (Å²) in [7, 11) is 5.21. The second-order valence-electron chi connectivity index (χ2n) is 10.5. The average Bonchev–Trinajstić information content (AvgIpc) is 3.66. The summed E-state index contributed by atoms with van der Waals surface area (Å²) in [5, 5.41) is 13.8. The minimum Gasteiger partial charge on any atom is -0.494 e. The zero-order valence-corrected chi connectivity index (χ0v) is 24.8. The van der Waals surface area contributed by atoms with Crippen LogP contribution in [0.5, 0.6) is 17.2 Å². The van der Waals surface area contributed by atoms with Crippen molar-refractivity contribution in [3.05, 3.63) is 72.7 Å². The van der Waals surface area contributed by atoms with Crippen LogP contribution in [0.2, 0.25) is 0 Å². The highest BCUT2D eigenvalue weighted by atomic mass is 19.1. The van der Waals surface area contributed by atoms with Crippen molar-refractivity contribution in [3.8, 4) is 17.2 Å². The van der Waals surface area contributed by atoms with Gasteiger partial charge in [0.25, 0.3) is 5.91 Å². The number of fused-ring (bicyclic) bond motifs is 2. The molecule has 12 nitrogen and oxygen atoms in total. The van der Waals surface area contributed by atoms with E-state index in [1.54, 1.807) is 55.2 Å². The molecular formula is C31H32FN9O3. The van der Waals surface area contributed by atoms with Crippen molar-refractivity contribution in [1.29, 1.82) is 0 Å². The summed E-state index contributed by atoms with van der Waals surface area (Å²) in [6.45, 7) is 2.80. The Hall–Kier alpha value is -5.30. The zero-order chi connectivity index (χ0) is 30.8. The van der Waals surface area contributed by atoms with Gasteiger partial charge in [0.1, 0.15) is 35.7 Å². The lowest BCUT2D eigenvalue weighted by molar-refractivity contribution is -0.114. The number of aromatic nitrogens is 5. The summed E-state index contributed by atoms with van der Waals surface area (Å²) in [6.07, 6.45) is 7.86. The molecule has 13 heteroatoms. The summed E-state index contributed by atoms with van der Waals surface area (Å²) >= 11 is 0. The maximum atomic E-state index is 14.9. The molecule has 3 aromatic heterocycles. The lowest BCUT2D eigenvalue weighted by Gasteiger charge is -2.17. The van der Waals surface area contributed by atoms with E-state index < -0.39 is 11.7 Å². The van der Waals surface area contributed by atoms with Gasteiger partial charge >= 0.3 is 0 Å². The normalized spacial score (nSPS) is 15.5. The Morgan fingerprint density at radius 1 is 1.07 bits per heavy atom. The number of aryl methyl sites for hydroxylation is 1. The fourth-order valence-electron chi connectivity index (χ4n) is 5.25. The molecule has 0 aliphatic carbocycles. The van der Waals surface area contributed by atoms with Crippen molar-refractivity contribution < 1.29 is 18.7 Å². The number of carbonyl (C=O) groups is 1. The molecule has 6 rings (SSSR count). The predicted octanol–water partition coefficient (Wildman–Crippen LogP) is 5.45. The minimum absolute atomic E-state index is 0.0990. The molecule has 1 aliphatic rings. The van der Waals surface area contributed by atoms with Crippen LogP contribution in [0.4, 0.5) is 27.3 Å². The molecule has 5 aromatic rings. The molecular weight excluding hydrogens is 565 g/mol. The molecule has 1 amide bonds. The van der Waals surface area contributed by atoms with Crippen molar-refractivity contribution in [2.45, 2.75) is 25.8 Å². The Kier molecular flexibility index (Phi) is 7.94. The van der Waals surface area contributed by atoms with Crippen molar-refractivity contribution in [2.24, 2.45) is 0 Å². The summed E-state index contributed by atoms with van der Waals surface area (Å²) in [5.41, 5.74) is 3.74. The SMILES string of the molecule is CNc1cc2ncnc(Nc3cc(C)c(Oc4ccn5ncnc5c4)cc3OC)c2cc1NC(=O)C(F)=CC1CCCN1C. The van der Waals surface area contributed by atoms with Gasteiger partial charge < -0.3 is 25.4 Å². The Labute approximate surface area is 252 Å². The van der Waals surface area contributed by atoms with Gasteiger partial charge in [-0.3, -0.25) is 9.69 Å². The van der Waals surface area contributed by atoms with E-state index in [1.165, 1.54) is 18.7 Å². The fraction of sp³-hybridized carbons (Fsp3) is 0.258. The number of nitrogens with one attached hydrogen (secondary N) is 3. The summed E-state index contributed by atoms with van der Waals surface area (Å²) in [4.78, 5) is 27.9. The number of ether oxygens (including phenoxy) is 2. The van der Waals surface area contributed by atoms with Gasteiger partial charge in [0, 0.05) is 36.8 Å². The smallest absolute Gasteiger partial charge is 0.284 e. The number of likely N-dealkylation sites (N-methyl/N-ethyl adjacent to an activating group) is 1. The average molecular weight is 598 g/mol. The number of anilines is 4. The fourth-order valence-corrected chi connectivity index (χ4v) is 5.25. The number of halogens is 1. The van der Waals surface area contributed by atoms with Crippen LogP contribution < -0.4 is 25.4 Å². The van der Waals surface area contributed by atoms with Crippen molar-refractivity contribution in [2.75, 3.05) is 43.7 Å². The van der Waals surface area contributed by atoms with Crippen LogP contribution in [0.3, 0.4) is 0 Å². The number of nitrogens with zero attached hydrogens (tertiary/aromatic N) is 6. The third-order valence-electron chi connectivity index (χ3n) is 7.65. The highest BCUT2D eigenvalue weighted by Gasteiger charge is 2.22. The van der Waals surface area contributed by atoms with E-state index in [1.807, 2.05) is 24.9 Å². The molecule has 0 spiro atoms. The molecule has 0 bridgehead atoms. The standard InChI is InChI=1S/C31H32FN9O3/c1-18-10-26(28(43-4)15-27(18)44-20-7-9-41-29(12-20)35-17-37-41)38-30-21-13-25(24(33-2)14-23(21)34-16-36-30)39-31(42)22(32)11-19-6-5-8-40(19)3/h7,9-17,19,33H,5-6,8H2,1-4H3,(H,39,42)(H,34,36,38). The van der Waals surface area contributed by atoms with E-state index in [9.17, 15) is 9.18 Å². The molecule has 226 valence electrons. The zero-order valence-electron chi connectivity index (χ0n) is 24.8. The van der Waals surface area contributed by atoms with Crippen molar-refractivity contribution in [3.63, 3.8) is 0 Å². The highest BCUT2D eigenvalue weighted by molar-refractivity contribution is 6.07. The van der Waals surface area contributed by atoms with Gasteiger partial charge in [-0.2, -0.15) is 5.10 Å². The summed E-state index contributed by atoms with van der Waals surface area (Å²) < 4.78 is 28.4. The molecule has 1 aliphatic heterocycles. The van der Waals surface area contributed by atoms with E-state index in [0.717, 1.165) is 24.9 Å². The largest absolute Gasteiger partial charge is 0.494 e. The molecule has 44 heavy (non-hydrogen) atoms. The van der Waals surface area contributed by atoms with Crippen LogP contribution >= 0.6 is 0 Å². The molecule has 0 saturated carbocycles. The van der Waals surface area contributed by atoms with Crippen LogP contribution in [0, 0.1) is 6.92 Å². The van der Waals surface area contributed by atoms with Gasteiger partial charge in [0.05, 0.1) is 29.7 Å². The number of pyridine rings is 1. The lowest BCUT2D eigenvalue weighted by Crippen LogP contribution is -2.24. The van der Waals surface area contributed by atoms with Gasteiger partial charge in [-0.05, 0) is 69.3 Å². The number of hydrogen-bond acceptors (Lipinski definition) is 10. The predicted molar refractivity (Wildman–Crippen MR) is 167 cm³/mol. The third-order valence-corrected chi connectivity index (χ3v) is 7.65. The molecule has 4 heterocycles. The number of carbonyl (C=O) groups excluding carboxylic acids is 1. The molecule has 1 fully saturated rings. The maximum Gasteiger partial charge on any atom is 0.284 e. The first-order chi connectivity index (χ1) is 21.3. The monoisotopic (exact) mass is 597 g/mol. The van der Waals surface area contributed by atoms with E-state index in [4.69, 9.17) is 9.47 Å². The first-order valence-electron chi connectivity index (χ1n) is 14.1.